The molecule has 0 bridgehead atoms. The highest BCUT2D eigenvalue weighted by atomic mass is 16.3. The molecule has 2 unspecified atom stereocenters. The molecule has 4 heteroatoms. The zero-order chi connectivity index (χ0) is 27.2. The van der Waals surface area contributed by atoms with Gasteiger partial charge in [0.2, 0.25) is 5.91 Å². The van der Waals surface area contributed by atoms with Gasteiger partial charge in [-0.15, -0.1) is 0 Å². The van der Waals surface area contributed by atoms with E-state index in [2.05, 4.69) is 36.5 Å². The maximum absolute atomic E-state index is 11.4. The molecule has 0 aliphatic heterocycles. The van der Waals surface area contributed by atoms with E-state index in [9.17, 15) is 15.0 Å². The van der Waals surface area contributed by atoms with Crippen LogP contribution in [0.15, 0.2) is 36.5 Å². The molecule has 1 amide bonds. The van der Waals surface area contributed by atoms with Crippen LogP contribution in [-0.2, 0) is 4.79 Å². The second-order valence-corrected chi connectivity index (χ2v) is 10.5. The lowest BCUT2D eigenvalue weighted by Gasteiger charge is -2.19. The van der Waals surface area contributed by atoms with Crippen molar-refractivity contribution in [3.63, 3.8) is 0 Å². The molecule has 0 aromatic heterocycles. The van der Waals surface area contributed by atoms with E-state index in [1.807, 2.05) is 6.08 Å². The smallest absolute Gasteiger partial charge is 0.220 e. The Morgan fingerprint density at radius 1 is 0.622 bits per heavy atom. The molecule has 0 aliphatic rings. The minimum absolute atomic E-state index is 0.168. The van der Waals surface area contributed by atoms with E-state index in [0.717, 1.165) is 25.7 Å². The summed E-state index contributed by atoms with van der Waals surface area (Å²) in [5.41, 5.74) is 0. The van der Waals surface area contributed by atoms with Crippen LogP contribution in [0.2, 0.25) is 0 Å². The number of hydrogen-bond donors (Lipinski definition) is 3. The van der Waals surface area contributed by atoms with Crippen LogP contribution in [0, 0.1) is 0 Å². The minimum Gasteiger partial charge on any atom is -0.394 e. The van der Waals surface area contributed by atoms with Gasteiger partial charge in [-0.1, -0.05) is 140 Å². The second kappa shape index (κ2) is 29.2. The van der Waals surface area contributed by atoms with E-state index in [1.54, 1.807) is 13.0 Å². The molecule has 0 saturated heterocycles. The highest BCUT2D eigenvalue weighted by Gasteiger charge is 2.17. The Morgan fingerprint density at radius 2 is 1.03 bits per heavy atom. The SMILES string of the molecule is CCCCCCCCCCCCCCCCC/C=C/CC/C=C/CC/C=C/C(O)C(CO)NC(=O)CC. The van der Waals surface area contributed by atoms with Gasteiger partial charge in [-0.2, -0.15) is 0 Å². The Labute approximate surface area is 230 Å². The Hall–Kier alpha value is -1.39. The number of allylic oxidation sites excluding steroid dienone is 5. The van der Waals surface area contributed by atoms with Gasteiger partial charge in [0.1, 0.15) is 0 Å². The summed E-state index contributed by atoms with van der Waals surface area (Å²) in [6.45, 7) is 3.76. The normalized spacial score (nSPS) is 13.7. The van der Waals surface area contributed by atoms with Crippen molar-refractivity contribution in [2.45, 2.75) is 161 Å². The minimum atomic E-state index is -0.862. The first-order valence-corrected chi connectivity index (χ1v) is 15.7. The first-order chi connectivity index (χ1) is 18.2. The molecule has 4 nitrogen and oxygen atoms in total. The van der Waals surface area contributed by atoms with Gasteiger partial charge in [0.05, 0.1) is 18.8 Å². The predicted molar refractivity (Wildman–Crippen MR) is 161 cm³/mol. The number of aliphatic hydroxyl groups is 2. The van der Waals surface area contributed by atoms with E-state index < -0.39 is 12.1 Å². The zero-order valence-corrected chi connectivity index (χ0v) is 24.5. The summed E-state index contributed by atoms with van der Waals surface area (Å²) in [6, 6.07) is -0.639. The van der Waals surface area contributed by atoms with Gasteiger partial charge < -0.3 is 15.5 Å². The Morgan fingerprint density at radius 3 is 1.46 bits per heavy atom. The molecule has 0 radical (unpaired) electrons. The number of unbranched alkanes of at least 4 members (excludes halogenated alkanes) is 17. The molecular formula is C33H61NO3. The fourth-order valence-electron chi connectivity index (χ4n) is 4.41. The lowest BCUT2D eigenvalue weighted by Crippen LogP contribution is -2.44. The van der Waals surface area contributed by atoms with Crippen LogP contribution in [0.5, 0.6) is 0 Å². The molecule has 216 valence electrons. The topological polar surface area (TPSA) is 69.6 Å². The summed E-state index contributed by atoms with van der Waals surface area (Å²) in [5.74, 6) is -0.168. The van der Waals surface area contributed by atoms with E-state index in [4.69, 9.17) is 0 Å². The van der Waals surface area contributed by atoms with Crippen LogP contribution in [0.3, 0.4) is 0 Å². The van der Waals surface area contributed by atoms with Crippen LogP contribution in [0.25, 0.3) is 0 Å². The number of hydrogen-bond acceptors (Lipinski definition) is 3. The van der Waals surface area contributed by atoms with Crippen LogP contribution in [0.4, 0.5) is 0 Å². The maximum Gasteiger partial charge on any atom is 0.220 e. The molecule has 0 saturated carbocycles. The molecule has 37 heavy (non-hydrogen) atoms. The van der Waals surface area contributed by atoms with E-state index in [-0.39, 0.29) is 12.5 Å². The highest BCUT2D eigenvalue weighted by Crippen LogP contribution is 2.14. The Balaban J connectivity index is 3.44. The Kier molecular flexibility index (Phi) is 28.1. The average Bonchev–Trinajstić information content (AvgIpc) is 2.91. The third-order valence-corrected chi connectivity index (χ3v) is 6.92. The highest BCUT2D eigenvalue weighted by molar-refractivity contribution is 5.75. The van der Waals surface area contributed by atoms with Crippen LogP contribution in [-0.4, -0.2) is 34.9 Å². The van der Waals surface area contributed by atoms with E-state index >= 15 is 0 Å². The number of aliphatic hydroxyl groups excluding tert-OH is 2. The van der Waals surface area contributed by atoms with Gasteiger partial charge in [0, 0.05) is 6.42 Å². The molecular weight excluding hydrogens is 458 g/mol. The largest absolute Gasteiger partial charge is 0.394 e. The molecule has 0 aromatic rings. The summed E-state index contributed by atoms with van der Waals surface area (Å²) >= 11 is 0. The standard InChI is InChI=1S/C33H61NO3/c1-3-5-6-7-8-9-10-11-12-13-14-15-16-17-18-19-20-21-22-23-24-25-26-27-28-29-32(36)31(30-35)34-33(37)4-2/h20-21,24-25,28-29,31-32,35-36H,3-19,22-23,26-27,30H2,1-2H3,(H,34,37)/b21-20+,25-24+,29-28+. The van der Waals surface area contributed by atoms with Crippen molar-refractivity contribution in [3.8, 4) is 0 Å². The van der Waals surface area contributed by atoms with Gasteiger partial charge in [-0.25, -0.2) is 0 Å². The third kappa shape index (κ3) is 26.0. The number of amides is 1. The lowest BCUT2D eigenvalue weighted by atomic mass is 10.0. The first-order valence-electron chi connectivity index (χ1n) is 15.7. The molecule has 0 aromatic carbocycles. The molecule has 0 aliphatic carbocycles. The Bertz CT molecular complexity index is 570. The molecule has 2 atom stereocenters. The third-order valence-electron chi connectivity index (χ3n) is 6.92. The van der Waals surface area contributed by atoms with Gasteiger partial charge in [-0.3, -0.25) is 4.79 Å². The predicted octanol–water partition coefficient (Wildman–Crippen LogP) is 8.72. The average molecular weight is 520 g/mol. The fraction of sp³-hybridized carbons (Fsp3) is 0.788. The van der Waals surface area contributed by atoms with Crippen molar-refractivity contribution in [2.75, 3.05) is 6.61 Å². The quantitative estimate of drug-likeness (QED) is 0.0750. The van der Waals surface area contributed by atoms with Crippen molar-refractivity contribution in [2.24, 2.45) is 0 Å². The van der Waals surface area contributed by atoms with Gasteiger partial charge in [0.25, 0.3) is 0 Å². The number of carbonyl (C=O) groups excluding carboxylic acids is 1. The van der Waals surface area contributed by atoms with Gasteiger partial charge in [0.15, 0.2) is 0 Å². The molecule has 3 N–H and O–H groups in total. The lowest BCUT2D eigenvalue weighted by molar-refractivity contribution is -0.122. The molecule has 0 rings (SSSR count). The summed E-state index contributed by atoms with van der Waals surface area (Å²) in [6.07, 6.45) is 38.5. The van der Waals surface area contributed by atoms with Crippen molar-refractivity contribution in [1.29, 1.82) is 0 Å². The number of nitrogens with one attached hydrogen (secondary N) is 1. The van der Waals surface area contributed by atoms with Crippen molar-refractivity contribution in [3.05, 3.63) is 36.5 Å². The monoisotopic (exact) mass is 519 g/mol. The van der Waals surface area contributed by atoms with Gasteiger partial charge >= 0.3 is 0 Å². The summed E-state index contributed by atoms with van der Waals surface area (Å²) in [5, 5.41) is 22.0. The summed E-state index contributed by atoms with van der Waals surface area (Å²) < 4.78 is 0. The van der Waals surface area contributed by atoms with Crippen LogP contribution < -0.4 is 5.32 Å². The van der Waals surface area contributed by atoms with E-state index in [1.165, 1.54) is 103 Å². The summed E-state index contributed by atoms with van der Waals surface area (Å²) in [4.78, 5) is 11.4. The van der Waals surface area contributed by atoms with Crippen LogP contribution >= 0.6 is 0 Å². The van der Waals surface area contributed by atoms with E-state index in [0.29, 0.717) is 6.42 Å². The van der Waals surface area contributed by atoms with Crippen molar-refractivity contribution < 1.29 is 15.0 Å². The first kappa shape index (κ1) is 35.6. The number of carbonyl (C=O) groups is 1. The second-order valence-electron chi connectivity index (χ2n) is 10.5. The molecule has 0 fully saturated rings. The molecule has 0 spiro atoms. The number of rotatable bonds is 27. The maximum atomic E-state index is 11.4. The van der Waals surface area contributed by atoms with Crippen molar-refractivity contribution >= 4 is 5.91 Å². The van der Waals surface area contributed by atoms with Gasteiger partial charge in [-0.05, 0) is 38.5 Å². The fourth-order valence-corrected chi connectivity index (χ4v) is 4.41. The van der Waals surface area contributed by atoms with Crippen LogP contribution in [0.1, 0.15) is 149 Å². The molecule has 0 heterocycles. The summed E-state index contributed by atoms with van der Waals surface area (Å²) in [7, 11) is 0. The van der Waals surface area contributed by atoms with Crippen molar-refractivity contribution in [1.82, 2.24) is 5.32 Å². The zero-order valence-electron chi connectivity index (χ0n) is 24.5.